The molecule has 1 aromatic heterocycles. The topological polar surface area (TPSA) is 54.0 Å². The lowest BCUT2D eigenvalue weighted by atomic mass is 10.1. The van der Waals surface area contributed by atoms with Gasteiger partial charge in [0.25, 0.3) is 0 Å². The number of amides is 2. The average Bonchev–Trinajstić information content (AvgIpc) is 2.68. The number of aromatic nitrogens is 1. The van der Waals surface area contributed by atoms with Crippen molar-refractivity contribution in [3.05, 3.63) is 95.3 Å². The Morgan fingerprint density at radius 2 is 1.48 bits per heavy atom. The predicted octanol–water partition coefficient (Wildman–Crippen LogP) is 4.54. The van der Waals surface area contributed by atoms with Crippen molar-refractivity contribution in [3.63, 3.8) is 0 Å². The molecule has 2 N–H and O–H groups in total. The van der Waals surface area contributed by atoms with Crippen LogP contribution in [0.15, 0.2) is 72.8 Å². The van der Waals surface area contributed by atoms with E-state index in [0.29, 0.717) is 6.54 Å². The number of nitrogens with one attached hydrogen (secondary N) is 2. The van der Waals surface area contributed by atoms with Crippen LogP contribution in [0.25, 0.3) is 0 Å². The van der Waals surface area contributed by atoms with Crippen molar-refractivity contribution in [1.82, 2.24) is 10.3 Å². The molecule has 1 heterocycles. The first-order valence-corrected chi connectivity index (χ1v) is 9.29. The first-order valence-electron chi connectivity index (χ1n) is 9.29. The Labute approximate surface area is 160 Å². The molecule has 0 spiro atoms. The lowest BCUT2D eigenvalue weighted by Crippen LogP contribution is -2.30. The molecule has 0 unspecified atom stereocenters. The molecule has 3 rings (SSSR count). The van der Waals surface area contributed by atoms with Crippen molar-refractivity contribution in [2.75, 3.05) is 11.9 Å². The molecular weight excluding hydrogens is 334 g/mol. The number of benzene rings is 2. The van der Waals surface area contributed by atoms with E-state index in [1.165, 1.54) is 11.1 Å². The second-order valence-electron chi connectivity index (χ2n) is 6.59. The van der Waals surface area contributed by atoms with E-state index in [1.807, 2.05) is 55.5 Å². The van der Waals surface area contributed by atoms with E-state index in [0.717, 1.165) is 36.3 Å². The fraction of sp³-hybridized carbons (Fsp3) is 0.217. The third-order valence-electron chi connectivity index (χ3n) is 4.32. The maximum Gasteiger partial charge on any atom is 0.319 e. The zero-order valence-corrected chi connectivity index (χ0v) is 15.6. The minimum atomic E-state index is -0.189. The van der Waals surface area contributed by atoms with Gasteiger partial charge in [-0.15, -0.1) is 0 Å². The van der Waals surface area contributed by atoms with E-state index in [9.17, 15) is 4.79 Å². The average molecular weight is 359 g/mol. The molecule has 0 fully saturated rings. The summed E-state index contributed by atoms with van der Waals surface area (Å²) in [7, 11) is 0. The third kappa shape index (κ3) is 6.26. The molecule has 0 bridgehead atoms. The lowest BCUT2D eigenvalue weighted by molar-refractivity contribution is 0.252. The summed E-state index contributed by atoms with van der Waals surface area (Å²) in [4.78, 5) is 16.7. The molecule has 138 valence electrons. The molecule has 4 nitrogen and oxygen atoms in total. The number of nitrogens with zero attached hydrogens (tertiary/aromatic N) is 1. The van der Waals surface area contributed by atoms with Crippen LogP contribution < -0.4 is 10.6 Å². The molecule has 4 heteroatoms. The summed E-state index contributed by atoms with van der Waals surface area (Å²) in [6, 6.07) is 24.1. The Morgan fingerprint density at radius 1 is 0.852 bits per heavy atom. The molecular formula is C23H25N3O. The smallest absolute Gasteiger partial charge is 0.319 e. The summed E-state index contributed by atoms with van der Waals surface area (Å²) >= 11 is 0. The molecule has 0 saturated carbocycles. The number of carbonyl (C=O) groups excluding carboxylic acids is 1. The van der Waals surface area contributed by atoms with Gasteiger partial charge in [-0.2, -0.15) is 0 Å². The SMILES string of the molecule is Cc1cc(NC(=O)NCCc2ccccc2)cc(CCc2ccccc2)n1. The first kappa shape index (κ1) is 18.6. The number of urea groups is 1. The van der Waals surface area contributed by atoms with Gasteiger partial charge in [0.2, 0.25) is 0 Å². The van der Waals surface area contributed by atoms with Gasteiger partial charge >= 0.3 is 6.03 Å². The Balaban J connectivity index is 1.51. The quantitative estimate of drug-likeness (QED) is 0.651. The normalized spacial score (nSPS) is 10.4. The standard InChI is InChI=1S/C23H25N3O/c1-18-16-22(17-21(25-18)13-12-19-8-4-2-5-9-19)26-23(27)24-15-14-20-10-6-3-7-11-20/h2-11,16-17H,12-15H2,1H3,(H2,24,25,26,27). The van der Waals surface area contributed by atoms with Gasteiger partial charge in [0, 0.05) is 23.6 Å². The van der Waals surface area contributed by atoms with Crippen molar-refractivity contribution in [3.8, 4) is 0 Å². The molecule has 2 aromatic carbocycles. The minimum absolute atomic E-state index is 0.189. The summed E-state index contributed by atoms with van der Waals surface area (Å²) < 4.78 is 0. The van der Waals surface area contributed by atoms with Crippen molar-refractivity contribution in [2.24, 2.45) is 0 Å². The van der Waals surface area contributed by atoms with Crippen LogP contribution in [0.2, 0.25) is 0 Å². The number of carbonyl (C=O) groups is 1. The van der Waals surface area contributed by atoms with Gasteiger partial charge in [-0.1, -0.05) is 60.7 Å². The monoisotopic (exact) mass is 359 g/mol. The maximum atomic E-state index is 12.2. The predicted molar refractivity (Wildman–Crippen MR) is 110 cm³/mol. The van der Waals surface area contributed by atoms with E-state index < -0.39 is 0 Å². The molecule has 2 amide bonds. The number of hydrogen-bond donors (Lipinski definition) is 2. The second kappa shape index (κ2) is 9.53. The lowest BCUT2D eigenvalue weighted by Gasteiger charge is -2.10. The molecule has 0 atom stereocenters. The number of rotatable bonds is 7. The van der Waals surface area contributed by atoms with Crippen molar-refractivity contribution >= 4 is 11.7 Å². The van der Waals surface area contributed by atoms with Gasteiger partial charge in [0.05, 0.1) is 0 Å². The van der Waals surface area contributed by atoms with Gasteiger partial charge in [-0.25, -0.2) is 4.79 Å². The summed E-state index contributed by atoms with van der Waals surface area (Å²) in [6.07, 6.45) is 2.59. The van der Waals surface area contributed by atoms with Crippen LogP contribution in [0.5, 0.6) is 0 Å². The minimum Gasteiger partial charge on any atom is -0.338 e. The van der Waals surface area contributed by atoms with Crippen LogP contribution in [-0.4, -0.2) is 17.6 Å². The largest absolute Gasteiger partial charge is 0.338 e. The Morgan fingerprint density at radius 3 is 2.15 bits per heavy atom. The van der Waals surface area contributed by atoms with Crippen molar-refractivity contribution in [1.29, 1.82) is 0 Å². The molecule has 0 aliphatic carbocycles. The zero-order chi connectivity index (χ0) is 18.9. The zero-order valence-electron chi connectivity index (χ0n) is 15.6. The van der Waals surface area contributed by atoms with E-state index in [1.54, 1.807) is 0 Å². The second-order valence-corrected chi connectivity index (χ2v) is 6.59. The number of pyridine rings is 1. The summed E-state index contributed by atoms with van der Waals surface area (Å²) in [5.74, 6) is 0. The highest BCUT2D eigenvalue weighted by Gasteiger charge is 2.05. The van der Waals surface area contributed by atoms with Crippen LogP contribution in [-0.2, 0) is 19.3 Å². The van der Waals surface area contributed by atoms with Crippen LogP contribution in [0.3, 0.4) is 0 Å². The molecule has 0 saturated heterocycles. The third-order valence-corrected chi connectivity index (χ3v) is 4.32. The van der Waals surface area contributed by atoms with Gasteiger partial charge in [0.1, 0.15) is 0 Å². The molecule has 0 radical (unpaired) electrons. The van der Waals surface area contributed by atoms with E-state index >= 15 is 0 Å². The van der Waals surface area contributed by atoms with Crippen LogP contribution in [0.4, 0.5) is 10.5 Å². The fourth-order valence-electron chi connectivity index (χ4n) is 2.99. The molecule has 3 aromatic rings. The van der Waals surface area contributed by atoms with Crippen molar-refractivity contribution < 1.29 is 4.79 Å². The highest BCUT2D eigenvalue weighted by molar-refractivity contribution is 5.89. The number of hydrogen-bond acceptors (Lipinski definition) is 2. The summed E-state index contributed by atoms with van der Waals surface area (Å²) in [5.41, 5.74) is 5.16. The van der Waals surface area contributed by atoms with Crippen LogP contribution >= 0.6 is 0 Å². The van der Waals surface area contributed by atoms with Gasteiger partial charge in [0.15, 0.2) is 0 Å². The van der Waals surface area contributed by atoms with E-state index in [-0.39, 0.29) is 6.03 Å². The van der Waals surface area contributed by atoms with Crippen LogP contribution in [0.1, 0.15) is 22.5 Å². The maximum absolute atomic E-state index is 12.2. The highest BCUT2D eigenvalue weighted by atomic mass is 16.2. The molecule has 27 heavy (non-hydrogen) atoms. The first-order chi connectivity index (χ1) is 13.2. The highest BCUT2D eigenvalue weighted by Crippen LogP contribution is 2.13. The Hall–Kier alpha value is -3.14. The molecule has 0 aliphatic rings. The van der Waals surface area contributed by atoms with Gasteiger partial charge in [-0.3, -0.25) is 4.98 Å². The van der Waals surface area contributed by atoms with Gasteiger partial charge < -0.3 is 10.6 Å². The number of anilines is 1. The van der Waals surface area contributed by atoms with Gasteiger partial charge in [-0.05, 0) is 49.4 Å². The summed E-state index contributed by atoms with van der Waals surface area (Å²) in [5, 5.41) is 5.82. The molecule has 0 aliphatic heterocycles. The Bertz CT molecular complexity index is 863. The Kier molecular flexibility index (Phi) is 6.58. The number of aryl methyl sites for hydroxylation is 3. The van der Waals surface area contributed by atoms with Crippen molar-refractivity contribution in [2.45, 2.75) is 26.2 Å². The fourth-order valence-corrected chi connectivity index (χ4v) is 2.99. The van der Waals surface area contributed by atoms with E-state index in [2.05, 4.69) is 39.9 Å². The van der Waals surface area contributed by atoms with Crippen LogP contribution in [0, 0.1) is 6.92 Å². The summed E-state index contributed by atoms with van der Waals surface area (Å²) in [6.45, 7) is 2.55. The van der Waals surface area contributed by atoms with E-state index in [4.69, 9.17) is 0 Å².